The first-order chi connectivity index (χ1) is 16.1. The zero-order chi connectivity index (χ0) is 25.3. The molecule has 2 rings (SSSR count). The van der Waals surface area contributed by atoms with E-state index in [0.717, 1.165) is 16.7 Å². The van der Waals surface area contributed by atoms with Crippen LogP contribution in [0.5, 0.6) is 5.75 Å². The van der Waals surface area contributed by atoms with Gasteiger partial charge in [-0.15, -0.1) is 0 Å². The third-order valence-electron chi connectivity index (χ3n) is 5.07. The van der Waals surface area contributed by atoms with Gasteiger partial charge in [0.15, 0.2) is 0 Å². The van der Waals surface area contributed by atoms with Gasteiger partial charge in [-0.05, 0) is 54.7 Å². The highest BCUT2D eigenvalue weighted by Gasteiger charge is 2.18. The second kappa shape index (κ2) is 12.8. The van der Waals surface area contributed by atoms with Crippen molar-refractivity contribution in [3.05, 3.63) is 78.4 Å². The van der Waals surface area contributed by atoms with Crippen LogP contribution < -0.4 is 4.74 Å². The highest BCUT2D eigenvalue weighted by atomic mass is 16.6. The maximum atomic E-state index is 11.9. The van der Waals surface area contributed by atoms with Crippen LogP contribution in [0.1, 0.15) is 33.3 Å². The molecule has 0 aliphatic rings. The van der Waals surface area contributed by atoms with Crippen LogP contribution in [-0.4, -0.2) is 36.5 Å². The molecule has 0 bridgehead atoms. The number of esters is 2. The van der Waals surface area contributed by atoms with E-state index in [-0.39, 0.29) is 31.0 Å². The molecule has 34 heavy (non-hydrogen) atoms. The highest BCUT2D eigenvalue weighted by Crippen LogP contribution is 2.24. The van der Waals surface area contributed by atoms with Crippen LogP contribution in [0.4, 0.5) is 0 Å². The Kier molecular flexibility index (Phi) is 10.1. The van der Waals surface area contributed by atoms with E-state index in [9.17, 15) is 14.7 Å². The number of rotatable bonds is 12. The van der Waals surface area contributed by atoms with Crippen molar-refractivity contribution in [3.8, 4) is 16.9 Å². The van der Waals surface area contributed by atoms with Crippen molar-refractivity contribution in [1.82, 2.24) is 0 Å². The molecule has 0 amide bonds. The van der Waals surface area contributed by atoms with Gasteiger partial charge < -0.3 is 19.3 Å². The molecule has 2 atom stereocenters. The van der Waals surface area contributed by atoms with E-state index in [1.165, 1.54) is 0 Å². The smallest absolute Gasteiger partial charge is 0.333 e. The van der Waals surface area contributed by atoms with E-state index in [4.69, 9.17) is 14.2 Å². The predicted octanol–water partition coefficient (Wildman–Crippen LogP) is 5.10. The number of ether oxygens (including phenoxy) is 3. The third kappa shape index (κ3) is 8.52. The SMILES string of the molecule is C=C(C)C(=O)OCC(COC(=O)C(C)C)Cc1ccc(-c2ccc(OC(O)C(=C)C)cc2)cc1. The van der Waals surface area contributed by atoms with Crippen molar-refractivity contribution >= 4 is 11.9 Å². The van der Waals surface area contributed by atoms with Gasteiger partial charge in [-0.3, -0.25) is 4.79 Å². The van der Waals surface area contributed by atoms with Crippen molar-refractivity contribution in [3.63, 3.8) is 0 Å². The van der Waals surface area contributed by atoms with Gasteiger partial charge in [0, 0.05) is 11.5 Å². The lowest BCUT2D eigenvalue weighted by atomic mass is 9.97. The normalized spacial score (nSPS) is 12.5. The van der Waals surface area contributed by atoms with E-state index >= 15 is 0 Å². The minimum absolute atomic E-state index is 0.135. The van der Waals surface area contributed by atoms with Crippen LogP contribution in [0, 0.1) is 11.8 Å². The molecule has 1 N–H and O–H groups in total. The van der Waals surface area contributed by atoms with Gasteiger partial charge in [0.05, 0.1) is 19.1 Å². The summed E-state index contributed by atoms with van der Waals surface area (Å²) in [6.07, 6.45) is -0.451. The van der Waals surface area contributed by atoms with Gasteiger partial charge in [-0.25, -0.2) is 4.79 Å². The molecule has 0 saturated carbocycles. The Morgan fingerprint density at radius 3 is 1.91 bits per heavy atom. The number of hydrogen-bond acceptors (Lipinski definition) is 6. The predicted molar refractivity (Wildman–Crippen MR) is 132 cm³/mol. The summed E-state index contributed by atoms with van der Waals surface area (Å²) in [6, 6.07) is 15.4. The first kappa shape index (κ1) is 26.9. The summed E-state index contributed by atoms with van der Waals surface area (Å²) in [5, 5.41) is 9.78. The minimum Gasteiger partial charge on any atom is -0.465 e. The Morgan fingerprint density at radius 1 is 0.882 bits per heavy atom. The van der Waals surface area contributed by atoms with E-state index in [0.29, 0.717) is 23.3 Å². The quantitative estimate of drug-likeness (QED) is 0.203. The maximum Gasteiger partial charge on any atom is 0.333 e. The van der Waals surface area contributed by atoms with Crippen molar-refractivity contribution in [2.75, 3.05) is 13.2 Å². The van der Waals surface area contributed by atoms with E-state index < -0.39 is 12.3 Å². The fraction of sp³-hybridized carbons (Fsp3) is 0.357. The lowest BCUT2D eigenvalue weighted by molar-refractivity contribution is -0.150. The average molecular weight is 467 g/mol. The molecule has 6 heteroatoms. The van der Waals surface area contributed by atoms with E-state index in [2.05, 4.69) is 13.2 Å². The standard InChI is InChI=1S/C28H34O6/c1-18(2)26(29)32-16-22(17-33-27(30)19(3)4)15-21-7-9-23(10-8-21)24-11-13-25(14-12-24)34-28(31)20(5)6/h7-14,19,22,28,31H,1,5,15-17H2,2-4,6H3. The topological polar surface area (TPSA) is 82.1 Å². The Balaban J connectivity index is 2.05. The monoisotopic (exact) mass is 466 g/mol. The lowest BCUT2D eigenvalue weighted by Gasteiger charge is -2.18. The van der Waals surface area contributed by atoms with Crippen molar-refractivity contribution in [2.24, 2.45) is 11.8 Å². The third-order valence-corrected chi connectivity index (χ3v) is 5.07. The second-order valence-corrected chi connectivity index (χ2v) is 8.77. The average Bonchev–Trinajstić information content (AvgIpc) is 2.81. The van der Waals surface area contributed by atoms with Gasteiger partial charge in [0.1, 0.15) is 5.75 Å². The number of aliphatic hydroxyl groups excluding tert-OH is 1. The Labute approximate surface area is 201 Å². The fourth-order valence-electron chi connectivity index (χ4n) is 2.97. The number of benzene rings is 2. The van der Waals surface area contributed by atoms with Crippen molar-refractivity contribution < 1.29 is 28.9 Å². The minimum atomic E-state index is -1.03. The van der Waals surface area contributed by atoms with Gasteiger partial charge in [0.25, 0.3) is 0 Å². The molecule has 0 aliphatic carbocycles. The first-order valence-corrected chi connectivity index (χ1v) is 11.3. The van der Waals surface area contributed by atoms with Gasteiger partial charge in [-0.2, -0.15) is 0 Å². The summed E-state index contributed by atoms with van der Waals surface area (Å²) >= 11 is 0. The number of aliphatic hydroxyl groups is 1. The van der Waals surface area contributed by atoms with E-state index in [1.807, 2.05) is 36.4 Å². The highest BCUT2D eigenvalue weighted by molar-refractivity contribution is 5.86. The summed E-state index contributed by atoms with van der Waals surface area (Å²) in [4.78, 5) is 23.7. The second-order valence-electron chi connectivity index (χ2n) is 8.77. The molecule has 2 unspecified atom stereocenters. The zero-order valence-electron chi connectivity index (χ0n) is 20.4. The summed E-state index contributed by atoms with van der Waals surface area (Å²) in [7, 11) is 0. The molecule has 0 radical (unpaired) electrons. The first-order valence-electron chi connectivity index (χ1n) is 11.3. The molecule has 2 aromatic rings. The molecule has 0 spiro atoms. The van der Waals surface area contributed by atoms with Crippen LogP contribution in [0.2, 0.25) is 0 Å². The summed E-state index contributed by atoms with van der Waals surface area (Å²) in [6.45, 7) is 14.4. The summed E-state index contributed by atoms with van der Waals surface area (Å²) in [5.41, 5.74) is 3.91. The molecular weight excluding hydrogens is 432 g/mol. The van der Waals surface area contributed by atoms with Crippen molar-refractivity contribution in [2.45, 2.75) is 40.4 Å². The molecule has 0 fully saturated rings. The van der Waals surface area contributed by atoms with Gasteiger partial charge in [-0.1, -0.05) is 63.4 Å². The Bertz CT molecular complexity index is 989. The van der Waals surface area contributed by atoms with Crippen molar-refractivity contribution in [1.29, 1.82) is 0 Å². The largest absolute Gasteiger partial charge is 0.465 e. The summed E-state index contributed by atoms with van der Waals surface area (Å²) < 4.78 is 16.1. The molecule has 0 saturated heterocycles. The zero-order valence-corrected chi connectivity index (χ0v) is 20.4. The molecule has 6 nitrogen and oxygen atoms in total. The van der Waals surface area contributed by atoms with Crippen LogP contribution in [0.15, 0.2) is 72.8 Å². The van der Waals surface area contributed by atoms with E-state index in [1.54, 1.807) is 39.8 Å². The molecule has 0 aliphatic heterocycles. The van der Waals surface area contributed by atoms with Crippen LogP contribution in [0.25, 0.3) is 11.1 Å². The fourth-order valence-corrected chi connectivity index (χ4v) is 2.97. The summed E-state index contributed by atoms with van der Waals surface area (Å²) in [5.74, 6) is -0.584. The number of carbonyl (C=O) groups excluding carboxylic acids is 2. The lowest BCUT2D eigenvalue weighted by Crippen LogP contribution is -2.24. The molecular formula is C28H34O6. The number of carbonyl (C=O) groups is 2. The molecule has 2 aromatic carbocycles. The maximum absolute atomic E-state index is 11.9. The molecule has 0 heterocycles. The Morgan fingerprint density at radius 2 is 1.41 bits per heavy atom. The molecule has 182 valence electrons. The van der Waals surface area contributed by atoms with Crippen LogP contribution in [-0.2, 0) is 25.5 Å². The number of hydrogen-bond donors (Lipinski definition) is 1. The van der Waals surface area contributed by atoms with Gasteiger partial charge in [0.2, 0.25) is 6.29 Å². The van der Waals surface area contributed by atoms with Crippen LogP contribution >= 0.6 is 0 Å². The van der Waals surface area contributed by atoms with Crippen LogP contribution in [0.3, 0.4) is 0 Å². The van der Waals surface area contributed by atoms with Gasteiger partial charge >= 0.3 is 11.9 Å². The Hall–Kier alpha value is -3.38. The molecule has 0 aromatic heterocycles.